The number of nitrogens with one attached hydrogen (secondary N) is 1. The molecule has 4 aromatic rings. The first-order valence-electron chi connectivity index (χ1n) is 9.88. The minimum Gasteiger partial charge on any atom is -0.323 e. The van der Waals surface area contributed by atoms with E-state index >= 15 is 0 Å². The molecule has 0 unspecified atom stereocenters. The van der Waals surface area contributed by atoms with Crippen molar-refractivity contribution in [1.29, 1.82) is 0 Å². The van der Waals surface area contributed by atoms with Gasteiger partial charge in [-0.25, -0.2) is 4.39 Å². The van der Waals surface area contributed by atoms with E-state index in [4.69, 9.17) is 11.6 Å². The molecule has 0 aliphatic carbocycles. The number of thioether (sulfide) groups is 1. The Hall–Kier alpha value is -3.16. The summed E-state index contributed by atoms with van der Waals surface area (Å²) in [4.78, 5) is 12.4. The number of nitrogens with zero attached hydrogens (tertiary/aromatic N) is 3. The minimum atomic E-state index is -0.478. The fraction of sp³-hybridized carbons (Fsp3) is 0.125. The van der Waals surface area contributed by atoms with E-state index in [0.29, 0.717) is 16.0 Å². The molecule has 1 aromatic heterocycles. The van der Waals surface area contributed by atoms with E-state index in [1.54, 1.807) is 24.3 Å². The van der Waals surface area contributed by atoms with Crippen LogP contribution in [-0.2, 0) is 4.79 Å². The fourth-order valence-corrected chi connectivity index (χ4v) is 4.00. The molecular formula is C24H20ClFN4OS. The van der Waals surface area contributed by atoms with E-state index in [1.165, 1.54) is 29.5 Å². The molecule has 0 spiro atoms. The van der Waals surface area contributed by atoms with Crippen LogP contribution in [0.1, 0.15) is 11.1 Å². The van der Waals surface area contributed by atoms with Crippen molar-refractivity contribution in [3.8, 4) is 17.1 Å². The molecule has 0 fully saturated rings. The van der Waals surface area contributed by atoms with Crippen LogP contribution in [0.3, 0.4) is 0 Å². The monoisotopic (exact) mass is 466 g/mol. The molecule has 0 atom stereocenters. The zero-order valence-electron chi connectivity index (χ0n) is 17.5. The number of benzene rings is 3. The third-order valence-electron chi connectivity index (χ3n) is 4.96. The number of hydrogen-bond donors (Lipinski definition) is 1. The second-order valence-electron chi connectivity index (χ2n) is 7.23. The van der Waals surface area contributed by atoms with Crippen molar-refractivity contribution in [2.45, 2.75) is 19.0 Å². The fourth-order valence-electron chi connectivity index (χ4n) is 3.13. The zero-order valence-corrected chi connectivity index (χ0v) is 19.0. The van der Waals surface area contributed by atoms with Crippen molar-refractivity contribution in [3.63, 3.8) is 0 Å². The Bertz CT molecular complexity index is 1270. The van der Waals surface area contributed by atoms with Crippen LogP contribution in [0.4, 0.5) is 10.1 Å². The van der Waals surface area contributed by atoms with Crippen molar-refractivity contribution >= 4 is 35.0 Å². The van der Waals surface area contributed by atoms with Gasteiger partial charge in [0.25, 0.3) is 0 Å². The molecule has 1 heterocycles. The topological polar surface area (TPSA) is 59.8 Å². The first-order chi connectivity index (χ1) is 15.4. The van der Waals surface area contributed by atoms with Gasteiger partial charge in [-0.2, -0.15) is 0 Å². The summed E-state index contributed by atoms with van der Waals surface area (Å²) < 4.78 is 15.7. The second-order valence-corrected chi connectivity index (χ2v) is 8.61. The molecule has 0 saturated heterocycles. The van der Waals surface area contributed by atoms with Crippen molar-refractivity contribution in [3.05, 3.63) is 88.7 Å². The molecule has 0 saturated carbocycles. The van der Waals surface area contributed by atoms with Crippen LogP contribution in [0.5, 0.6) is 0 Å². The van der Waals surface area contributed by atoms with E-state index in [-0.39, 0.29) is 17.3 Å². The lowest BCUT2D eigenvalue weighted by molar-refractivity contribution is -0.113. The van der Waals surface area contributed by atoms with Crippen LogP contribution in [0.25, 0.3) is 17.1 Å². The molecule has 0 aliphatic rings. The van der Waals surface area contributed by atoms with Crippen molar-refractivity contribution in [2.24, 2.45) is 0 Å². The SMILES string of the molecule is Cc1ccc(-n2c(SCC(=O)Nc3ccccc3F)nnc2-c2ccc(Cl)cc2)cc1C. The van der Waals surface area contributed by atoms with E-state index in [9.17, 15) is 9.18 Å². The van der Waals surface area contributed by atoms with Crippen molar-refractivity contribution < 1.29 is 9.18 Å². The quantitative estimate of drug-likeness (QED) is 0.350. The number of carbonyl (C=O) groups is 1. The van der Waals surface area contributed by atoms with Gasteiger partial charge in [-0.05, 0) is 73.5 Å². The van der Waals surface area contributed by atoms with E-state index in [1.807, 2.05) is 42.7 Å². The predicted molar refractivity (Wildman–Crippen MR) is 127 cm³/mol. The summed E-state index contributed by atoms with van der Waals surface area (Å²) in [5.41, 5.74) is 4.19. The number of aromatic nitrogens is 3. The normalized spacial score (nSPS) is 10.9. The predicted octanol–water partition coefficient (Wildman–Crippen LogP) is 6.07. The van der Waals surface area contributed by atoms with E-state index in [0.717, 1.165) is 16.8 Å². The van der Waals surface area contributed by atoms with Gasteiger partial charge in [0.15, 0.2) is 11.0 Å². The lowest BCUT2D eigenvalue weighted by atomic mass is 10.1. The molecule has 0 bridgehead atoms. The maximum absolute atomic E-state index is 13.8. The molecule has 8 heteroatoms. The smallest absolute Gasteiger partial charge is 0.234 e. The molecule has 0 aliphatic heterocycles. The van der Waals surface area contributed by atoms with Gasteiger partial charge in [-0.1, -0.05) is 41.6 Å². The Morgan fingerprint density at radius 3 is 2.50 bits per heavy atom. The van der Waals surface area contributed by atoms with Gasteiger partial charge in [-0.15, -0.1) is 10.2 Å². The third-order valence-corrected chi connectivity index (χ3v) is 6.15. The van der Waals surface area contributed by atoms with Crippen LogP contribution < -0.4 is 5.32 Å². The third kappa shape index (κ3) is 4.84. The average Bonchev–Trinajstić information content (AvgIpc) is 3.20. The zero-order chi connectivity index (χ0) is 22.7. The number of hydrogen-bond acceptors (Lipinski definition) is 4. The summed E-state index contributed by atoms with van der Waals surface area (Å²) in [5, 5.41) is 12.5. The Labute approximate surface area is 194 Å². The summed E-state index contributed by atoms with van der Waals surface area (Å²) in [6.07, 6.45) is 0. The molecule has 32 heavy (non-hydrogen) atoms. The standard InChI is InChI=1S/C24H20ClFN4OS/c1-15-7-12-19(13-16(15)2)30-23(17-8-10-18(25)11-9-17)28-29-24(30)32-14-22(31)27-21-6-4-3-5-20(21)26/h3-13H,14H2,1-2H3,(H,27,31). The van der Waals surface area contributed by atoms with Gasteiger partial charge in [0, 0.05) is 10.6 Å². The van der Waals surface area contributed by atoms with Gasteiger partial charge in [0.05, 0.1) is 17.1 Å². The lowest BCUT2D eigenvalue weighted by Gasteiger charge is -2.12. The molecular weight excluding hydrogens is 447 g/mol. The highest BCUT2D eigenvalue weighted by Gasteiger charge is 2.18. The molecule has 162 valence electrons. The first kappa shape index (κ1) is 22.0. The van der Waals surface area contributed by atoms with Crippen LogP contribution in [0.15, 0.2) is 71.9 Å². The van der Waals surface area contributed by atoms with Gasteiger partial charge in [-0.3, -0.25) is 9.36 Å². The average molecular weight is 467 g/mol. The first-order valence-corrected chi connectivity index (χ1v) is 11.2. The number of aryl methyl sites for hydroxylation is 2. The molecule has 0 radical (unpaired) electrons. The van der Waals surface area contributed by atoms with Crippen LogP contribution in [0.2, 0.25) is 5.02 Å². The molecule has 3 aromatic carbocycles. The molecule has 1 amide bonds. The van der Waals surface area contributed by atoms with Gasteiger partial charge in [0.1, 0.15) is 5.82 Å². The molecule has 5 nitrogen and oxygen atoms in total. The Balaban J connectivity index is 1.64. The van der Waals surface area contributed by atoms with Crippen LogP contribution in [0, 0.1) is 19.7 Å². The summed E-state index contributed by atoms with van der Waals surface area (Å²) in [6.45, 7) is 4.09. The summed E-state index contributed by atoms with van der Waals surface area (Å²) in [5.74, 6) is -0.114. The van der Waals surface area contributed by atoms with Crippen molar-refractivity contribution in [2.75, 3.05) is 11.1 Å². The second kappa shape index (κ2) is 9.54. The number of para-hydroxylation sites is 1. The highest BCUT2D eigenvalue weighted by molar-refractivity contribution is 7.99. The number of halogens is 2. The number of carbonyl (C=O) groups excluding carboxylic acids is 1. The molecule has 4 rings (SSSR count). The van der Waals surface area contributed by atoms with E-state index in [2.05, 4.69) is 21.6 Å². The highest BCUT2D eigenvalue weighted by Crippen LogP contribution is 2.29. The van der Waals surface area contributed by atoms with Crippen LogP contribution in [-0.4, -0.2) is 26.4 Å². The van der Waals surface area contributed by atoms with Gasteiger partial charge < -0.3 is 5.32 Å². The number of amides is 1. The Kier molecular flexibility index (Phi) is 6.58. The maximum atomic E-state index is 13.8. The van der Waals surface area contributed by atoms with Gasteiger partial charge in [0.2, 0.25) is 5.91 Å². The minimum absolute atomic E-state index is 0.0535. The van der Waals surface area contributed by atoms with Crippen LogP contribution >= 0.6 is 23.4 Å². The summed E-state index contributed by atoms with van der Waals surface area (Å²) in [6, 6.07) is 19.5. The Morgan fingerprint density at radius 1 is 1.03 bits per heavy atom. The number of anilines is 1. The molecule has 1 N–H and O–H groups in total. The Morgan fingerprint density at radius 2 is 1.78 bits per heavy atom. The maximum Gasteiger partial charge on any atom is 0.234 e. The summed E-state index contributed by atoms with van der Waals surface area (Å²) in [7, 11) is 0. The summed E-state index contributed by atoms with van der Waals surface area (Å²) >= 11 is 7.28. The van der Waals surface area contributed by atoms with Gasteiger partial charge >= 0.3 is 0 Å². The van der Waals surface area contributed by atoms with E-state index < -0.39 is 5.82 Å². The van der Waals surface area contributed by atoms with Crippen molar-refractivity contribution in [1.82, 2.24) is 14.8 Å². The largest absolute Gasteiger partial charge is 0.323 e. The lowest BCUT2D eigenvalue weighted by Crippen LogP contribution is -2.15. The highest BCUT2D eigenvalue weighted by atomic mass is 35.5. The number of rotatable bonds is 6.